The molecule has 1 amide bonds. The van der Waals surface area contributed by atoms with Crippen molar-refractivity contribution in [3.63, 3.8) is 0 Å². The molecule has 0 atom stereocenters. The number of hydrogen-bond acceptors (Lipinski definition) is 5. The number of hydrogen-bond donors (Lipinski definition) is 2. The molecule has 0 saturated carbocycles. The number of benzene rings is 2. The van der Waals surface area contributed by atoms with Crippen LogP contribution in [-0.4, -0.2) is 19.3 Å². The monoisotopic (exact) mass is 427 g/mol. The molecule has 2 N–H and O–H groups in total. The molecule has 0 bridgehead atoms. The normalized spacial score (nSPS) is 11.2. The maximum Gasteiger partial charge on any atom is 0.263 e. The first-order valence-electron chi connectivity index (χ1n) is 7.70. The smallest absolute Gasteiger partial charge is 0.263 e. The molecule has 3 rings (SSSR count). The largest absolute Gasteiger partial charge is 0.348 e. The number of halogens is 3. The minimum atomic E-state index is -3.86. The van der Waals surface area contributed by atoms with Crippen LogP contribution in [0.1, 0.15) is 15.9 Å². The fourth-order valence-electron chi connectivity index (χ4n) is 2.25. The van der Waals surface area contributed by atoms with Crippen molar-refractivity contribution >= 4 is 32.4 Å². The third-order valence-corrected chi connectivity index (χ3v) is 5.76. The van der Waals surface area contributed by atoms with Crippen LogP contribution >= 0.6 is 11.3 Å². The van der Waals surface area contributed by atoms with E-state index in [0.29, 0.717) is 6.07 Å². The molecule has 0 saturated heterocycles. The second-order valence-electron chi connectivity index (χ2n) is 5.51. The van der Waals surface area contributed by atoms with E-state index in [2.05, 4.69) is 15.0 Å². The summed E-state index contributed by atoms with van der Waals surface area (Å²) in [5.41, 5.74) is -0.261. The number of amides is 1. The molecule has 0 aliphatic rings. The maximum atomic E-state index is 13.6. The summed E-state index contributed by atoms with van der Waals surface area (Å²) in [6.07, 6.45) is 1.45. The number of aromatic nitrogens is 1. The van der Waals surface area contributed by atoms with Crippen molar-refractivity contribution < 1.29 is 26.4 Å². The number of anilines is 1. The topological polar surface area (TPSA) is 88.2 Å². The molecule has 0 unspecified atom stereocenters. The molecule has 0 spiro atoms. The third-order valence-electron chi connectivity index (χ3n) is 3.59. The Morgan fingerprint density at radius 1 is 1.11 bits per heavy atom. The Morgan fingerprint density at radius 3 is 2.46 bits per heavy atom. The van der Waals surface area contributed by atoms with Crippen LogP contribution in [0.3, 0.4) is 0 Å². The number of carbonyl (C=O) groups excluding carboxylic acids is 1. The minimum absolute atomic E-state index is 0.0857. The highest BCUT2D eigenvalue weighted by Gasteiger charge is 2.17. The number of sulfonamides is 1. The van der Waals surface area contributed by atoms with Crippen molar-refractivity contribution in [1.82, 2.24) is 10.3 Å². The Hall–Kier alpha value is -2.92. The maximum absolute atomic E-state index is 13.6. The van der Waals surface area contributed by atoms with E-state index >= 15 is 0 Å². The van der Waals surface area contributed by atoms with Gasteiger partial charge in [0, 0.05) is 35.3 Å². The van der Waals surface area contributed by atoms with Gasteiger partial charge in [0.2, 0.25) is 0 Å². The molecular formula is C17H12F3N3O3S2. The van der Waals surface area contributed by atoms with Crippen molar-refractivity contribution in [2.24, 2.45) is 0 Å². The molecule has 0 radical (unpaired) electrons. The van der Waals surface area contributed by atoms with E-state index in [1.165, 1.54) is 30.5 Å². The molecule has 0 fully saturated rings. The average molecular weight is 427 g/mol. The van der Waals surface area contributed by atoms with Gasteiger partial charge in [0.1, 0.15) is 5.82 Å². The molecule has 11 heteroatoms. The highest BCUT2D eigenvalue weighted by Crippen LogP contribution is 2.18. The summed E-state index contributed by atoms with van der Waals surface area (Å²) in [5, 5.41) is 4.13. The Morgan fingerprint density at radius 2 is 1.82 bits per heavy atom. The van der Waals surface area contributed by atoms with Crippen LogP contribution in [0.5, 0.6) is 0 Å². The van der Waals surface area contributed by atoms with Crippen molar-refractivity contribution in [1.29, 1.82) is 0 Å². The standard InChI is InChI=1S/C17H12F3N3O3S2/c18-12-7-11(15(20)14(19)8-12)9-22-16(24)10-1-3-13(4-2-10)28(25,26)23-17-21-5-6-27-17/h1-8H,9H2,(H,21,23)(H,22,24). The van der Waals surface area contributed by atoms with Gasteiger partial charge in [0.15, 0.2) is 16.8 Å². The van der Waals surface area contributed by atoms with Gasteiger partial charge in [-0.3, -0.25) is 9.52 Å². The lowest BCUT2D eigenvalue weighted by atomic mass is 10.1. The summed E-state index contributed by atoms with van der Waals surface area (Å²) in [7, 11) is -3.86. The highest BCUT2D eigenvalue weighted by molar-refractivity contribution is 7.93. The Balaban J connectivity index is 1.69. The van der Waals surface area contributed by atoms with Gasteiger partial charge >= 0.3 is 0 Å². The molecule has 0 aliphatic carbocycles. The van der Waals surface area contributed by atoms with Gasteiger partial charge < -0.3 is 5.32 Å². The van der Waals surface area contributed by atoms with Gasteiger partial charge in [-0.15, -0.1) is 11.3 Å². The van der Waals surface area contributed by atoms with Gasteiger partial charge in [0.05, 0.1) is 4.90 Å². The van der Waals surface area contributed by atoms with Gasteiger partial charge in [-0.05, 0) is 30.3 Å². The Kier molecular flexibility index (Phi) is 5.66. The number of nitrogens with zero attached hydrogens (tertiary/aromatic N) is 1. The molecule has 146 valence electrons. The number of rotatable bonds is 6. The molecule has 6 nitrogen and oxygen atoms in total. The number of carbonyl (C=O) groups is 1. The molecule has 1 aromatic heterocycles. The zero-order valence-corrected chi connectivity index (χ0v) is 15.6. The first-order valence-corrected chi connectivity index (χ1v) is 10.1. The molecule has 2 aromatic carbocycles. The van der Waals surface area contributed by atoms with E-state index < -0.39 is 39.9 Å². The molecule has 3 aromatic rings. The lowest BCUT2D eigenvalue weighted by Gasteiger charge is -2.09. The number of nitrogens with one attached hydrogen (secondary N) is 2. The fraction of sp³-hybridized carbons (Fsp3) is 0.0588. The summed E-state index contributed by atoms with van der Waals surface area (Å²) in [6, 6.07) is 6.13. The van der Waals surface area contributed by atoms with Gasteiger partial charge in [0.25, 0.3) is 15.9 Å². The van der Waals surface area contributed by atoms with Crippen LogP contribution in [0.4, 0.5) is 18.3 Å². The lowest BCUT2D eigenvalue weighted by molar-refractivity contribution is 0.0950. The van der Waals surface area contributed by atoms with Crippen molar-refractivity contribution in [2.45, 2.75) is 11.4 Å². The molecule has 1 heterocycles. The van der Waals surface area contributed by atoms with E-state index in [1.807, 2.05) is 0 Å². The molecule has 28 heavy (non-hydrogen) atoms. The third kappa shape index (κ3) is 4.49. The Bertz CT molecular complexity index is 1100. The van der Waals surface area contributed by atoms with E-state index in [4.69, 9.17) is 0 Å². The second-order valence-corrected chi connectivity index (χ2v) is 8.09. The van der Waals surface area contributed by atoms with Crippen LogP contribution in [0.2, 0.25) is 0 Å². The summed E-state index contributed by atoms with van der Waals surface area (Å²) in [6.45, 7) is -0.439. The van der Waals surface area contributed by atoms with Gasteiger partial charge in [-0.25, -0.2) is 26.6 Å². The first-order chi connectivity index (χ1) is 13.3. The fourth-order valence-corrected chi connectivity index (χ4v) is 4.04. The quantitative estimate of drug-likeness (QED) is 0.591. The highest BCUT2D eigenvalue weighted by atomic mass is 32.2. The molecular weight excluding hydrogens is 415 g/mol. The van der Waals surface area contributed by atoms with E-state index in [-0.39, 0.29) is 21.2 Å². The predicted molar refractivity (Wildman–Crippen MR) is 96.9 cm³/mol. The average Bonchev–Trinajstić information content (AvgIpc) is 3.15. The van der Waals surface area contributed by atoms with Crippen LogP contribution in [0.25, 0.3) is 0 Å². The van der Waals surface area contributed by atoms with Gasteiger partial charge in [-0.1, -0.05) is 0 Å². The van der Waals surface area contributed by atoms with E-state index in [9.17, 15) is 26.4 Å². The minimum Gasteiger partial charge on any atom is -0.348 e. The second kappa shape index (κ2) is 7.98. The summed E-state index contributed by atoms with van der Waals surface area (Å²) >= 11 is 1.11. The van der Waals surface area contributed by atoms with Crippen molar-refractivity contribution in [2.75, 3.05) is 4.72 Å². The summed E-state index contributed by atoms with van der Waals surface area (Å²) in [5.74, 6) is -4.24. The number of thiazole rings is 1. The first kappa shape index (κ1) is 19.8. The van der Waals surface area contributed by atoms with Crippen molar-refractivity contribution in [3.8, 4) is 0 Å². The van der Waals surface area contributed by atoms with Crippen LogP contribution in [0, 0.1) is 17.5 Å². The Labute approximate surface area is 162 Å². The van der Waals surface area contributed by atoms with Gasteiger partial charge in [-0.2, -0.15) is 0 Å². The van der Waals surface area contributed by atoms with Crippen molar-refractivity contribution in [3.05, 3.63) is 76.6 Å². The summed E-state index contributed by atoms with van der Waals surface area (Å²) in [4.78, 5) is 15.9. The predicted octanol–water partition coefficient (Wildman–Crippen LogP) is 3.29. The lowest BCUT2D eigenvalue weighted by Crippen LogP contribution is -2.23. The molecule has 0 aliphatic heterocycles. The summed E-state index contributed by atoms with van der Waals surface area (Å²) < 4.78 is 66.7. The van der Waals surface area contributed by atoms with E-state index in [0.717, 1.165) is 17.4 Å². The van der Waals surface area contributed by atoms with Crippen LogP contribution in [0.15, 0.2) is 52.9 Å². The van der Waals surface area contributed by atoms with E-state index in [1.54, 1.807) is 5.38 Å². The SMILES string of the molecule is O=C(NCc1cc(F)cc(F)c1F)c1ccc(S(=O)(=O)Nc2nccs2)cc1. The zero-order chi connectivity index (χ0) is 20.3. The zero-order valence-electron chi connectivity index (χ0n) is 13.9. The van der Waals surface area contributed by atoms with Crippen LogP contribution in [-0.2, 0) is 16.6 Å². The van der Waals surface area contributed by atoms with Crippen LogP contribution < -0.4 is 10.0 Å².